The summed E-state index contributed by atoms with van der Waals surface area (Å²) < 4.78 is 13.5. The molecular weight excluding hydrogens is 387 g/mol. The van der Waals surface area contributed by atoms with E-state index in [2.05, 4.69) is 12.1 Å². The van der Waals surface area contributed by atoms with E-state index in [-0.39, 0.29) is 18.0 Å². The number of amides is 2. The first-order valence-corrected chi connectivity index (χ1v) is 10.3. The molecule has 6 heteroatoms. The molecule has 0 unspecified atom stereocenters. The van der Waals surface area contributed by atoms with Crippen LogP contribution in [0.4, 0.5) is 4.39 Å². The number of halogens is 1. The Morgan fingerprint density at radius 3 is 2.66 bits per heavy atom. The molecule has 0 aliphatic carbocycles. The molecule has 0 saturated carbocycles. The predicted octanol–water partition coefficient (Wildman–Crippen LogP) is 4.11. The van der Waals surface area contributed by atoms with Crippen LogP contribution in [0.3, 0.4) is 0 Å². The lowest BCUT2D eigenvalue weighted by atomic mass is 9.80. The van der Waals surface area contributed by atoms with Crippen LogP contribution in [0.1, 0.15) is 22.3 Å². The Bertz CT molecular complexity index is 1050. The molecule has 1 atom stereocenters. The molecule has 0 bridgehead atoms. The maximum absolute atomic E-state index is 13.5. The Morgan fingerprint density at radius 1 is 1.10 bits per heavy atom. The number of hydrogen-bond acceptors (Lipinski definition) is 3. The minimum Gasteiger partial charge on any atom is -0.369 e. The molecule has 1 aromatic heterocycles. The molecule has 4 rings (SSSR count). The van der Waals surface area contributed by atoms with E-state index in [9.17, 15) is 14.0 Å². The Hall–Kier alpha value is -2.99. The van der Waals surface area contributed by atoms with Gasteiger partial charge in [0, 0.05) is 23.5 Å². The van der Waals surface area contributed by atoms with Crippen LogP contribution in [-0.2, 0) is 11.2 Å². The third kappa shape index (κ3) is 3.93. The number of thiophene rings is 1. The maximum Gasteiger partial charge on any atom is 0.253 e. The van der Waals surface area contributed by atoms with Crippen molar-refractivity contribution in [3.05, 3.63) is 83.0 Å². The van der Waals surface area contributed by atoms with E-state index >= 15 is 0 Å². The van der Waals surface area contributed by atoms with Crippen molar-refractivity contribution < 1.29 is 14.0 Å². The average Bonchev–Trinajstić information content (AvgIpc) is 3.39. The highest BCUT2D eigenvalue weighted by molar-refractivity contribution is 7.13. The van der Waals surface area contributed by atoms with Crippen LogP contribution < -0.4 is 5.73 Å². The van der Waals surface area contributed by atoms with Crippen molar-refractivity contribution in [2.45, 2.75) is 12.8 Å². The van der Waals surface area contributed by atoms with Gasteiger partial charge in [0.15, 0.2) is 0 Å². The molecule has 2 heterocycles. The number of carbonyl (C=O) groups excluding carboxylic acids is 2. The largest absolute Gasteiger partial charge is 0.369 e. The molecule has 2 N–H and O–H groups in total. The third-order valence-corrected chi connectivity index (χ3v) is 6.43. The third-order valence-electron chi connectivity index (χ3n) is 5.51. The van der Waals surface area contributed by atoms with E-state index in [0.717, 1.165) is 16.0 Å². The number of hydrogen-bond donors (Lipinski definition) is 1. The Labute approximate surface area is 172 Å². The van der Waals surface area contributed by atoms with Gasteiger partial charge in [0.05, 0.1) is 5.41 Å². The summed E-state index contributed by atoms with van der Waals surface area (Å²) in [6, 6.07) is 17.8. The van der Waals surface area contributed by atoms with Crippen LogP contribution in [0.2, 0.25) is 0 Å². The molecule has 0 radical (unpaired) electrons. The van der Waals surface area contributed by atoms with Gasteiger partial charge in [-0.05, 0) is 53.6 Å². The number of benzene rings is 2. The predicted molar refractivity (Wildman–Crippen MR) is 112 cm³/mol. The van der Waals surface area contributed by atoms with Gasteiger partial charge in [-0.3, -0.25) is 9.59 Å². The Morgan fingerprint density at radius 2 is 1.93 bits per heavy atom. The molecule has 1 fully saturated rings. The first-order chi connectivity index (χ1) is 14.0. The molecule has 1 aliphatic rings. The molecule has 2 amide bonds. The molecule has 29 heavy (non-hydrogen) atoms. The van der Waals surface area contributed by atoms with Crippen molar-refractivity contribution in [1.29, 1.82) is 0 Å². The summed E-state index contributed by atoms with van der Waals surface area (Å²) >= 11 is 1.66. The van der Waals surface area contributed by atoms with Crippen LogP contribution >= 0.6 is 11.3 Å². The van der Waals surface area contributed by atoms with E-state index in [1.165, 1.54) is 18.2 Å². The first kappa shape index (κ1) is 19.3. The summed E-state index contributed by atoms with van der Waals surface area (Å²) in [5, 5.41) is 2.03. The van der Waals surface area contributed by atoms with Gasteiger partial charge in [-0.25, -0.2) is 4.39 Å². The van der Waals surface area contributed by atoms with E-state index in [1.54, 1.807) is 22.3 Å². The summed E-state index contributed by atoms with van der Waals surface area (Å²) in [7, 11) is 0. The fraction of sp³-hybridized carbons (Fsp3) is 0.217. The molecule has 4 nitrogen and oxygen atoms in total. The van der Waals surface area contributed by atoms with E-state index in [4.69, 9.17) is 5.73 Å². The number of carbonyl (C=O) groups is 2. The van der Waals surface area contributed by atoms with Crippen molar-refractivity contribution in [2.24, 2.45) is 11.1 Å². The Balaban J connectivity index is 1.56. The fourth-order valence-electron chi connectivity index (χ4n) is 3.95. The second-order valence-electron chi connectivity index (χ2n) is 7.49. The monoisotopic (exact) mass is 408 g/mol. The van der Waals surface area contributed by atoms with Crippen molar-refractivity contribution in [3.8, 4) is 10.4 Å². The van der Waals surface area contributed by atoms with Crippen LogP contribution in [0.25, 0.3) is 10.4 Å². The molecule has 0 spiro atoms. The van der Waals surface area contributed by atoms with Crippen LogP contribution in [0.5, 0.6) is 0 Å². The van der Waals surface area contributed by atoms with Gasteiger partial charge < -0.3 is 10.6 Å². The number of nitrogens with zero attached hydrogens (tertiary/aromatic N) is 1. The maximum atomic E-state index is 13.5. The molecular formula is C23H21FN2O2S. The number of nitrogens with two attached hydrogens (primary N) is 1. The van der Waals surface area contributed by atoms with E-state index < -0.39 is 17.1 Å². The van der Waals surface area contributed by atoms with Gasteiger partial charge in [-0.1, -0.05) is 36.4 Å². The lowest BCUT2D eigenvalue weighted by molar-refractivity contribution is -0.126. The van der Waals surface area contributed by atoms with Gasteiger partial charge in [0.2, 0.25) is 5.91 Å². The topological polar surface area (TPSA) is 63.4 Å². The van der Waals surface area contributed by atoms with Crippen LogP contribution in [0, 0.1) is 11.2 Å². The highest BCUT2D eigenvalue weighted by atomic mass is 32.1. The average molecular weight is 408 g/mol. The van der Waals surface area contributed by atoms with Gasteiger partial charge in [0.25, 0.3) is 5.91 Å². The van der Waals surface area contributed by atoms with Crippen LogP contribution in [0.15, 0.2) is 66.0 Å². The zero-order valence-corrected chi connectivity index (χ0v) is 16.6. The first-order valence-electron chi connectivity index (χ1n) is 9.44. The van der Waals surface area contributed by atoms with Crippen LogP contribution in [-0.4, -0.2) is 29.8 Å². The molecule has 3 aromatic rings. The quantitative estimate of drug-likeness (QED) is 0.690. The van der Waals surface area contributed by atoms with Crippen molar-refractivity contribution in [3.63, 3.8) is 0 Å². The summed E-state index contributed by atoms with van der Waals surface area (Å²) in [6.07, 6.45) is 0.959. The van der Waals surface area contributed by atoms with Gasteiger partial charge in [-0.2, -0.15) is 0 Å². The number of likely N-dealkylation sites (tertiary alicyclic amines) is 1. The minimum absolute atomic E-state index is 0.237. The number of rotatable bonds is 5. The normalized spacial score (nSPS) is 18.7. The summed E-state index contributed by atoms with van der Waals surface area (Å²) in [5.41, 5.74) is 7.37. The van der Waals surface area contributed by atoms with Gasteiger partial charge in [0.1, 0.15) is 5.82 Å². The standard InChI is InChI=1S/C23H21FN2O2S/c24-19-7-2-6-18(13-19)21(27)26-10-9-23(15-26,22(25)28)14-16-4-1-5-17(12-16)20-8-3-11-29-20/h1-8,11-13H,9-10,14-15H2,(H2,25,28)/t23-/m1/s1. The molecule has 1 aliphatic heterocycles. The van der Waals surface area contributed by atoms with E-state index in [0.29, 0.717) is 19.4 Å². The lowest BCUT2D eigenvalue weighted by Crippen LogP contribution is -2.42. The van der Waals surface area contributed by atoms with Crippen molar-refractivity contribution in [2.75, 3.05) is 13.1 Å². The van der Waals surface area contributed by atoms with Gasteiger partial charge in [-0.15, -0.1) is 11.3 Å². The zero-order chi connectivity index (χ0) is 20.4. The summed E-state index contributed by atoms with van der Waals surface area (Å²) in [4.78, 5) is 28.0. The Kier molecular flexibility index (Phi) is 5.20. The molecule has 2 aromatic carbocycles. The smallest absolute Gasteiger partial charge is 0.253 e. The van der Waals surface area contributed by atoms with Crippen molar-refractivity contribution >= 4 is 23.2 Å². The summed E-state index contributed by atoms with van der Waals surface area (Å²) in [5.74, 6) is -1.14. The number of primary amides is 1. The SMILES string of the molecule is NC(=O)[C@@]1(Cc2cccc(-c3cccs3)c2)CCN(C(=O)c2cccc(F)c2)C1. The molecule has 1 saturated heterocycles. The highest BCUT2D eigenvalue weighted by Crippen LogP contribution is 2.36. The van der Waals surface area contributed by atoms with E-state index in [1.807, 2.05) is 29.6 Å². The highest BCUT2D eigenvalue weighted by Gasteiger charge is 2.45. The summed E-state index contributed by atoms with van der Waals surface area (Å²) in [6.45, 7) is 0.657. The lowest BCUT2D eigenvalue weighted by Gasteiger charge is -2.26. The fourth-order valence-corrected chi connectivity index (χ4v) is 4.67. The second kappa shape index (κ2) is 7.79. The minimum atomic E-state index is -0.822. The van der Waals surface area contributed by atoms with Gasteiger partial charge >= 0.3 is 0 Å². The zero-order valence-electron chi connectivity index (χ0n) is 15.8. The molecule has 148 valence electrons. The van der Waals surface area contributed by atoms with Crippen molar-refractivity contribution in [1.82, 2.24) is 4.90 Å². The second-order valence-corrected chi connectivity index (χ2v) is 8.43.